The lowest BCUT2D eigenvalue weighted by Crippen LogP contribution is -2.67. The van der Waals surface area contributed by atoms with Crippen molar-refractivity contribution in [1.82, 2.24) is 10.6 Å². The lowest BCUT2D eigenvalue weighted by atomic mass is 9.95. The van der Waals surface area contributed by atoms with Gasteiger partial charge in [-0.25, -0.2) is 9.13 Å². The SMILES string of the molecule is CCCCCC/C=C\CCCCCCCC(=O)NC1C(OCC2OC(OP(=O)(O)O)C(NC(=O)CC(=O)CCCCCCCCCCC)C(OCCCCCCCCCC)C2O)OC(COC)C(OP(=O)(O)O)C1OCCC(CCCCCCC)OC. The second kappa shape index (κ2) is 50.8. The highest BCUT2D eigenvalue weighted by Gasteiger charge is 2.53. The number of amides is 2. The predicted octanol–water partition coefficient (Wildman–Crippen LogP) is 12.8. The van der Waals surface area contributed by atoms with E-state index in [1.54, 1.807) is 7.11 Å². The van der Waals surface area contributed by atoms with Crippen LogP contribution in [0.15, 0.2) is 12.2 Å². The molecule has 0 aromatic heterocycles. The molecule has 11 unspecified atom stereocenters. The minimum Gasteiger partial charge on any atom is -0.388 e. The third-order valence-electron chi connectivity index (χ3n) is 16.3. The van der Waals surface area contributed by atoms with Gasteiger partial charge in [-0.15, -0.1) is 0 Å². The average molecular weight is 1290 g/mol. The van der Waals surface area contributed by atoms with Crippen LogP contribution < -0.4 is 10.6 Å². The van der Waals surface area contributed by atoms with E-state index in [0.29, 0.717) is 25.7 Å². The fourth-order valence-electron chi connectivity index (χ4n) is 11.3. The van der Waals surface area contributed by atoms with E-state index in [1.807, 2.05) is 0 Å². The Kier molecular flexibility index (Phi) is 47.5. The molecule has 2 aliphatic heterocycles. The molecular weight excluding hydrogens is 1160 g/mol. The van der Waals surface area contributed by atoms with Crippen LogP contribution in [0.5, 0.6) is 0 Å². The summed E-state index contributed by atoms with van der Waals surface area (Å²) in [6.45, 7) is 7.89. The zero-order chi connectivity index (χ0) is 64.0. The van der Waals surface area contributed by atoms with Gasteiger partial charge in [0.1, 0.15) is 54.5 Å². The molecule has 512 valence electrons. The number of rotatable bonds is 57. The maximum atomic E-state index is 14.1. The molecule has 0 aromatic rings. The number of phosphoric acid groups is 2. The van der Waals surface area contributed by atoms with Crippen molar-refractivity contribution in [3.63, 3.8) is 0 Å². The molecule has 2 aliphatic rings. The molecular formula is C64H122N2O19P2. The maximum Gasteiger partial charge on any atom is 0.472 e. The van der Waals surface area contributed by atoms with Gasteiger partial charge in [0.05, 0.1) is 25.7 Å². The standard InChI is InChI=1S/C64H122N2O19P2/c1-7-11-15-19-22-25-26-27-28-30-32-36-40-44-55(68)65-58-62(80-47-45-52(78-6)43-39-34-18-14-10-4)60(84-86(71,72)73)54(49-77-5)83-63(58)81-50-53-59(70)61(79-46-41-37-33-24-21-17-13-9-3)57(64(82-53)85-87(74,75)76)66-56(69)48-51(67)42-38-35-31-29-23-20-16-12-8-2/h25-26,52-54,57-64,70H,7-24,27-50H2,1-6H3,(H,65,68)(H,66,69)(H2,71,72,73)(H2,74,75,76)/b26-25-. The Morgan fingerprint density at radius 2 is 0.943 bits per heavy atom. The first kappa shape index (κ1) is 81.3. The zero-order valence-corrected chi connectivity index (χ0v) is 56.3. The summed E-state index contributed by atoms with van der Waals surface area (Å²) in [5.41, 5.74) is 0. The summed E-state index contributed by atoms with van der Waals surface area (Å²) in [6.07, 6.45) is 26.8. The molecule has 2 amide bonds. The normalized spacial score (nSPS) is 23.1. The van der Waals surface area contributed by atoms with E-state index in [2.05, 4.69) is 50.5 Å². The van der Waals surface area contributed by atoms with Crippen LogP contribution in [0, 0.1) is 0 Å². The van der Waals surface area contributed by atoms with Crippen LogP contribution in [0.2, 0.25) is 0 Å². The molecule has 0 bridgehead atoms. The highest BCUT2D eigenvalue weighted by Crippen LogP contribution is 2.44. The molecule has 87 heavy (non-hydrogen) atoms. The van der Waals surface area contributed by atoms with Crippen LogP contribution in [0.25, 0.3) is 0 Å². The quantitative estimate of drug-likeness (QED) is 0.0129. The number of carbonyl (C=O) groups is 3. The molecule has 2 rings (SSSR count). The van der Waals surface area contributed by atoms with Crippen LogP contribution >= 0.6 is 15.6 Å². The van der Waals surface area contributed by atoms with E-state index in [1.165, 1.54) is 58.5 Å². The molecule has 0 spiro atoms. The van der Waals surface area contributed by atoms with Crippen molar-refractivity contribution in [3.05, 3.63) is 12.2 Å². The van der Waals surface area contributed by atoms with Crippen LogP contribution in [-0.2, 0) is 65.7 Å². The first-order valence-electron chi connectivity index (χ1n) is 34.0. The molecule has 0 saturated carbocycles. The average Bonchev–Trinajstić information content (AvgIpc) is 1.10. The molecule has 7 N–H and O–H groups in total. The number of hydrogen-bond donors (Lipinski definition) is 7. The molecule has 2 heterocycles. The maximum absolute atomic E-state index is 14.1. The van der Waals surface area contributed by atoms with Crippen molar-refractivity contribution in [1.29, 1.82) is 0 Å². The van der Waals surface area contributed by atoms with Gasteiger partial charge in [-0.1, -0.05) is 207 Å². The number of carbonyl (C=O) groups excluding carboxylic acids is 3. The molecule has 11 atom stereocenters. The van der Waals surface area contributed by atoms with E-state index in [4.69, 9.17) is 42.2 Å². The second-order valence-electron chi connectivity index (χ2n) is 24.1. The van der Waals surface area contributed by atoms with E-state index < -0.39 is 102 Å². The highest BCUT2D eigenvalue weighted by atomic mass is 31.2. The number of methoxy groups -OCH3 is 2. The number of ketones is 1. The van der Waals surface area contributed by atoms with Gasteiger partial charge in [0.15, 0.2) is 12.6 Å². The minimum atomic E-state index is -5.39. The number of Topliss-reactive ketones (excluding diaryl/α,β-unsaturated/α-hetero) is 1. The summed E-state index contributed by atoms with van der Waals surface area (Å²) in [5.74, 6) is -1.52. The monoisotopic (exact) mass is 1280 g/mol. The van der Waals surface area contributed by atoms with Crippen molar-refractivity contribution in [2.75, 3.05) is 40.6 Å². The summed E-state index contributed by atoms with van der Waals surface area (Å²) in [4.78, 5) is 82.0. The predicted molar refractivity (Wildman–Crippen MR) is 338 cm³/mol. The number of allylic oxidation sites excluding steroid dienone is 2. The number of phosphoric ester groups is 2. The molecule has 0 aromatic carbocycles. The molecule has 21 nitrogen and oxygen atoms in total. The van der Waals surface area contributed by atoms with E-state index in [0.717, 1.165) is 148 Å². The topological polar surface area (TPSA) is 294 Å². The summed E-state index contributed by atoms with van der Waals surface area (Å²) in [7, 11) is -7.69. The number of nitrogens with one attached hydrogen (secondary N) is 2. The van der Waals surface area contributed by atoms with Gasteiger partial charge in [0.25, 0.3) is 0 Å². The number of aliphatic hydroxyl groups excluding tert-OH is 1. The largest absolute Gasteiger partial charge is 0.472 e. The molecule has 0 aliphatic carbocycles. The van der Waals surface area contributed by atoms with Gasteiger partial charge in [0, 0.05) is 40.3 Å². The Labute approximate surface area is 524 Å². The van der Waals surface area contributed by atoms with Crippen molar-refractivity contribution >= 4 is 33.2 Å². The van der Waals surface area contributed by atoms with Crippen LogP contribution in [0.3, 0.4) is 0 Å². The third kappa shape index (κ3) is 39.4. The molecule has 2 saturated heterocycles. The summed E-state index contributed by atoms with van der Waals surface area (Å²) in [6, 6.07) is -2.84. The van der Waals surface area contributed by atoms with Crippen LogP contribution in [0.1, 0.15) is 272 Å². The summed E-state index contributed by atoms with van der Waals surface area (Å²) in [5, 5.41) is 17.9. The number of ether oxygens (including phenoxy) is 7. The lowest BCUT2D eigenvalue weighted by molar-refractivity contribution is -0.301. The zero-order valence-electron chi connectivity index (χ0n) is 54.6. The van der Waals surface area contributed by atoms with Gasteiger partial charge in [-0.2, -0.15) is 0 Å². The fourth-order valence-corrected chi connectivity index (χ4v) is 12.4. The number of aliphatic hydroxyl groups is 1. The van der Waals surface area contributed by atoms with Gasteiger partial charge < -0.3 is 68.5 Å². The first-order valence-corrected chi connectivity index (χ1v) is 37.1. The Hall–Kier alpha value is -1.75. The smallest absolute Gasteiger partial charge is 0.388 e. The lowest BCUT2D eigenvalue weighted by Gasteiger charge is -2.47. The Balaban J connectivity index is 2.48. The van der Waals surface area contributed by atoms with E-state index in [9.17, 15) is 48.2 Å². The Morgan fingerprint density at radius 3 is 1.48 bits per heavy atom. The summed E-state index contributed by atoms with van der Waals surface area (Å²) < 4.78 is 79.2. The molecule has 0 radical (unpaired) electrons. The van der Waals surface area contributed by atoms with Crippen molar-refractivity contribution in [2.24, 2.45) is 0 Å². The minimum absolute atomic E-state index is 0.00761. The van der Waals surface area contributed by atoms with Crippen molar-refractivity contribution < 1.29 is 90.4 Å². The van der Waals surface area contributed by atoms with Gasteiger partial charge in [-0.05, 0) is 57.8 Å². The number of hydrogen-bond acceptors (Lipinski definition) is 15. The van der Waals surface area contributed by atoms with Crippen molar-refractivity contribution in [3.8, 4) is 0 Å². The second-order valence-corrected chi connectivity index (χ2v) is 26.5. The van der Waals surface area contributed by atoms with Crippen molar-refractivity contribution in [2.45, 2.75) is 339 Å². The third-order valence-corrected chi connectivity index (χ3v) is 17.3. The fraction of sp³-hybridized carbons (Fsp3) is 0.922. The van der Waals surface area contributed by atoms with E-state index in [-0.39, 0.29) is 44.5 Å². The van der Waals surface area contributed by atoms with Gasteiger partial charge >= 0.3 is 15.6 Å². The Bertz CT molecular complexity index is 1860. The van der Waals surface area contributed by atoms with Gasteiger partial charge in [0.2, 0.25) is 11.8 Å². The summed E-state index contributed by atoms with van der Waals surface area (Å²) >= 11 is 0. The number of unbranched alkanes of at least 4 members (excludes halogenated alkanes) is 28. The van der Waals surface area contributed by atoms with Crippen LogP contribution in [0.4, 0.5) is 0 Å². The molecule has 2 fully saturated rings. The van der Waals surface area contributed by atoms with E-state index >= 15 is 0 Å². The molecule has 23 heteroatoms. The van der Waals surface area contributed by atoms with Gasteiger partial charge in [-0.3, -0.25) is 23.4 Å². The first-order chi connectivity index (χ1) is 41.9. The Morgan fingerprint density at radius 1 is 0.483 bits per heavy atom. The van der Waals surface area contributed by atoms with Crippen LogP contribution in [-0.4, -0.2) is 150 Å². The highest BCUT2D eigenvalue weighted by molar-refractivity contribution is 7.46.